The molecule has 0 saturated carbocycles. The van der Waals surface area contributed by atoms with Crippen molar-refractivity contribution in [1.29, 1.82) is 0 Å². The normalized spacial score (nSPS) is 27.1. The van der Waals surface area contributed by atoms with Gasteiger partial charge in [-0.15, -0.1) is 12.4 Å². The van der Waals surface area contributed by atoms with Gasteiger partial charge in [0.25, 0.3) is 0 Å². The van der Waals surface area contributed by atoms with E-state index in [4.69, 9.17) is 22.2 Å². The zero-order valence-electron chi connectivity index (χ0n) is 39.1. The summed E-state index contributed by atoms with van der Waals surface area (Å²) in [5, 5.41) is 2.00. The number of H-pyrrole nitrogens is 3. The first-order valence-electron chi connectivity index (χ1n) is 24.0. The standard InChI is InChI=1S/C17H18BBrFN2O2.2C17H18BrFN2O2.ClH/c18-22-4-1-17(2-5-22,3-6-22)10-24-16(23)12-9-21-14-8-11(20)7-13(19)15(12)14;2*18-13-7-11(19)8-14-15(13)12(9-20-14)16(22)23-10-17-1-4-21(5-2-17)6-3-17;/h7-9,21H,1-6,10H2;2*7-9,20H,1-6,10H2;1H/q+1;;;. The number of ether oxygens (including phenoxy) is 3. The molecule has 12 heterocycles. The van der Waals surface area contributed by atoms with Crippen molar-refractivity contribution in [2.24, 2.45) is 16.2 Å². The van der Waals surface area contributed by atoms with Crippen LogP contribution in [0.25, 0.3) is 32.7 Å². The predicted octanol–water partition coefficient (Wildman–Crippen LogP) is 11.2. The number of nitrogens with one attached hydrogen (secondary N) is 3. The van der Waals surface area contributed by atoms with Gasteiger partial charge < -0.3 is 43.4 Å². The number of halogens is 7. The monoisotopic (exact) mass is 1190 g/mol. The molecule has 376 valence electrons. The minimum atomic E-state index is -0.368. The average Bonchev–Trinajstić information content (AvgIpc) is 4.12. The van der Waals surface area contributed by atoms with Crippen molar-refractivity contribution in [1.82, 2.24) is 24.8 Å². The van der Waals surface area contributed by atoms with Gasteiger partial charge in [0.15, 0.2) is 0 Å². The molecule has 9 fully saturated rings. The number of quaternary nitrogens is 1. The second-order valence-corrected chi connectivity index (χ2v) is 23.2. The van der Waals surface area contributed by atoms with E-state index in [9.17, 15) is 27.6 Å². The molecule has 2 radical (unpaired) electrons. The smallest absolute Gasteiger partial charge is 0.461 e. The topological polar surface area (TPSA) is 133 Å². The molecule has 9 aliphatic rings. The van der Waals surface area contributed by atoms with Crippen LogP contribution < -0.4 is 0 Å². The van der Waals surface area contributed by atoms with Crippen molar-refractivity contribution in [3.8, 4) is 0 Å². The summed E-state index contributed by atoms with van der Waals surface area (Å²) in [7, 11) is 6.27. The van der Waals surface area contributed by atoms with Gasteiger partial charge in [0.2, 0.25) is 0 Å². The molecule has 6 bridgehead atoms. The van der Waals surface area contributed by atoms with E-state index in [-0.39, 0.29) is 64.0 Å². The van der Waals surface area contributed by atoms with E-state index in [1.54, 1.807) is 18.6 Å². The predicted molar refractivity (Wildman–Crippen MR) is 278 cm³/mol. The number of carbonyl (C=O) groups excluding carboxylic acids is 3. The van der Waals surface area contributed by atoms with Crippen molar-refractivity contribution >= 4 is 119 Å². The molecule has 6 aromatic rings. The van der Waals surface area contributed by atoms with E-state index in [2.05, 4.69) is 72.5 Å². The molecule has 3 N–H and O–H groups in total. The van der Waals surface area contributed by atoms with Crippen LogP contribution in [0.3, 0.4) is 0 Å². The van der Waals surface area contributed by atoms with Crippen molar-refractivity contribution in [2.45, 2.75) is 57.8 Å². The van der Waals surface area contributed by atoms with Crippen molar-refractivity contribution < 1.29 is 46.2 Å². The number of esters is 3. The minimum Gasteiger partial charge on any atom is -0.461 e. The number of rotatable bonds is 9. The first-order chi connectivity index (χ1) is 33.5. The number of piperidine rings is 9. The van der Waals surface area contributed by atoms with Gasteiger partial charge in [-0.2, -0.15) is 0 Å². The van der Waals surface area contributed by atoms with Crippen LogP contribution in [0.4, 0.5) is 13.2 Å². The van der Waals surface area contributed by atoms with Gasteiger partial charge in [0.05, 0.1) is 72.7 Å². The maximum atomic E-state index is 13.5. The lowest BCUT2D eigenvalue weighted by molar-refractivity contribution is -0.839. The highest BCUT2D eigenvalue weighted by atomic mass is 79.9. The Labute approximate surface area is 442 Å². The number of hydrogen-bond acceptors (Lipinski definition) is 8. The Morgan fingerprint density at radius 3 is 1.06 bits per heavy atom. The van der Waals surface area contributed by atoms with Crippen LogP contribution >= 0.6 is 60.2 Å². The molecular formula is C51H55BBr3ClF3N6O6+. The highest BCUT2D eigenvalue weighted by Crippen LogP contribution is 2.44. The number of aromatic amines is 3. The Morgan fingerprint density at radius 2 is 0.775 bits per heavy atom. The number of carbonyl (C=O) groups is 3. The van der Waals surface area contributed by atoms with Gasteiger partial charge in [-0.05, 0) is 162 Å². The third-order valence-corrected chi connectivity index (χ3v) is 18.2. The summed E-state index contributed by atoms with van der Waals surface area (Å²) >= 11 is 9.99. The largest absolute Gasteiger partial charge is 0.481 e. The fourth-order valence-corrected chi connectivity index (χ4v) is 13.4. The minimum absolute atomic E-state index is 0. The molecule has 20 heteroatoms. The lowest BCUT2D eigenvalue weighted by Gasteiger charge is -2.53. The molecule has 0 atom stereocenters. The first-order valence-corrected chi connectivity index (χ1v) is 26.4. The van der Waals surface area contributed by atoms with Crippen molar-refractivity contribution in [3.63, 3.8) is 0 Å². The zero-order valence-corrected chi connectivity index (χ0v) is 44.7. The highest BCUT2D eigenvalue weighted by Gasteiger charge is 2.48. The third kappa shape index (κ3) is 10.9. The van der Waals surface area contributed by atoms with E-state index < -0.39 is 0 Å². The average molecular weight is 1190 g/mol. The Bertz CT molecular complexity index is 2810. The molecule has 12 nitrogen and oxygen atoms in total. The third-order valence-electron chi connectivity index (χ3n) is 16.3. The second kappa shape index (κ2) is 20.8. The number of nitrogens with zero attached hydrogens (tertiary/aromatic N) is 3. The molecule has 0 spiro atoms. The summed E-state index contributed by atoms with van der Waals surface area (Å²) in [4.78, 5) is 51.3. The van der Waals surface area contributed by atoms with Crippen LogP contribution in [0.5, 0.6) is 0 Å². The summed E-state index contributed by atoms with van der Waals surface area (Å²) in [6.45, 7) is 10.9. The van der Waals surface area contributed by atoms with Crippen LogP contribution in [0.1, 0.15) is 88.9 Å². The van der Waals surface area contributed by atoms with Gasteiger partial charge >= 0.3 is 25.9 Å². The van der Waals surface area contributed by atoms with E-state index in [1.807, 2.05) is 0 Å². The lowest BCUT2D eigenvalue weighted by atomic mass is 9.70. The molecule has 71 heavy (non-hydrogen) atoms. The summed E-state index contributed by atoms with van der Waals surface area (Å²) in [6.07, 6.45) is 14.4. The SMILES string of the molecule is Cl.O=C(OCC12CCN(CC1)CC2)c1c[nH]c2cc(F)cc(Br)c12.O=C(OCC12CCN(CC1)CC2)c1c[nH]c2cc(F)cc(Br)c12.[B][N+]12CCC(COC(=O)c3c[nH]c4cc(F)cc(Br)c34)(CC1)CC2. The Kier molecular flexibility index (Phi) is 15.3. The van der Waals surface area contributed by atoms with Gasteiger partial charge in [-0.25, -0.2) is 27.6 Å². The number of benzene rings is 3. The fraction of sp³-hybridized carbons (Fsp3) is 0.471. The fourth-order valence-electron chi connectivity index (χ4n) is 11.5. The summed E-state index contributed by atoms with van der Waals surface area (Å²) in [5.74, 6) is -2.11. The van der Waals surface area contributed by atoms with Gasteiger partial charge in [-0.3, -0.25) is 0 Å². The van der Waals surface area contributed by atoms with Crippen molar-refractivity contribution in [2.75, 3.05) is 78.7 Å². The molecule has 3 aromatic carbocycles. The van der Waals surface area contributed by atoms with E-state index >= 15 is 0 Å². The van der Waals surface area contributed by atoms with Crippen LogP contribution in [0.2, 0.25) is 0 Å². The number of fused-ring (bicyclic) bond motifs is 12. The summed E-state index contributed by atoms with van der Waals surface area (Å²) < 4.78 is 59.6. The molecule has 3 aromatic heterocycles. The molecule has 0 amide bonds. The number of hydrogen-bond donors (Lipinski definition) is 3. The molecule has 0 unspecified atom stereocenters. The van der Waals surface area contributed by atoms with Crippen LogP contribution in [0, 0.1) is 33.7 Å². The maximum Gasteiger partial charge on any atom is 0.481 e. The quantitative estimate of drug-likeness (QED) is 0.0741. The van der Waals surface area contributed by atoms with E-state index in [1.165, 1.54) is 36.4 Å². The number of aromatic nitrogens is 3. The van der Waals surface area contributed by atoms with E-state index in [0.29, 0.717) is 87.0 Å². The molecule has 9 saturated heterocycles. The first kappa shape index (κ1) is 52.0. The molecular weight excluding hydrogens is 1140 g/mol. The Morgan fingerprint density at radius 1 is 0.507 bits per heavy atom. The van der Waals surface area contributed by atoms with Crippen LogP contribution in [-0.2, 0) is 14.2 Å². The van der Waals surface area contributed by atoms with Gasteiger partial charge in [-0.1, -0.05) is 0 Å². The Balaban J connectivity index is 0.000000131. The summed E-state index contributed by atoms with van der Waals surface area (Å²) in [6, 6.07) is 8.22. The maximum absolute atomic E-state index is 13.5. The van der Waals surface area contributed by atoms with Crippen LogP contribution in [0.15, 0.2) is 68.4 Å². The molecule has 9 aliphatic heterocycles. The Hall–Kier alpha value is -3.85. The van der Waals surface area contributed by atoms with E-state index in [0.717, 1.165) is 117 Å². The second-order valence-electron chi connectivity index (χ2n) is 20.6. The zero-order chi connectivity index (χ0) is 49.0. The van der Waals surface area contributed by atoms with Crippen LogP contribution in [-0.4, -0.2) is 134 Å². The van der Waals surface area contributed by atoms with Gasteiger partial charge in [0, 0.05) is 83.7 Å². The van der Waals surface area contributed by atoms with Crippen molar-refractivity contribution in [3.05, 3.63) is 103 Å². The highest BCUT2D eigenvalue weighted by molar-refractivity contribution is 9.11. The summed E-state index contributed by atoms with van der Waals surface area (Å²) in [5.41, 5.74) is 3.48. The van der Waals surface area contributed by atoms with Gasteiger partial charge in [0.1, 0.15) is 17.5 Å². The lowest BCUT2D eigenvalue weighted by Crippen LogP contribution is -2.61. The molecule has 0 aliphatic carbocycles. The molecule has 15 rings (SSSR count).